The minimum absolute atomic E-state index is 0. The number of carbonyl (C=O) groups excluding carboxylic acids is 1. The molecule has 0 fully saturated rings. The number of rotatable bonds is 8. The molecule has 1 amide bonds. The molecule has 3 N–H and O–H groups in total. The molecule has 0 aliphatic rings. The van der Waals surface area contributed by atoms with Gasteiger partial charge in [-0.1, -0.05) is 26.0 Å². The quantitative estimate of drug-likeness (QED) is 0.763. The predicted octanol–water partition coefficient (Wildman–Crippen LogP) is 2.84. The molecule has 5 nitrogen and oxygen atoms in total. The number of halogens is 1. The molecule has 0 atom stereocenters. The fraction of sp³-hybridized carbons (Fsp3) is 0.375. The fourth-order valence-electron chi connectivity index (χ4n) is 1.86. The Kier molecular flexibility index (Phi) is 8.02. The van der Waals surface area contributed by atoms with Gasteiger partial charge >= 0.3 is 0 Å². The van der Waals surface area contributed by atoms with Crippen LogP contribution in [0.4, 0.5) is 0 Å². The highest BCUT2D eigenvalue weighted by molar-refractivity contribution is 7.09. The Morgan fingerprint density at radius 2 is 2.00 bits per heavy atom. The number of aromatic nitrogens is 1. The lowest BCUT2D eigenvalue weighted by Crippen LogP contribution is -2.20. The molecule has 2 rings (SSSR count). The first-order valence-electron chi connectivity index (χ1n) is 7.19. The zero-order valence-electron chi connectivity index (χ0n) is 13.2. The standard InChI is InChI=1S/C16H21N3O2S.ClH/c1-11(2)16-19-13(10-22-16)8-18-7-12-3-5-14(6-4-12)21-9-15(17)20;/h3-6,10-11,18H,7-9H2,1-2H3,(H2,17,20);1H. The molecule has 0 unspecified atom stereocenters. The lowest BCUT2D eigenvalue weighted by Gasteiger charge is -2.06. The number of nitrogens with two attached hydrogens (primary N) is 1. The molecule has 1 aromatic carbocycles. The highest BCUT2D eigenvalue weighted by Gasteiger charge is 2.05. The molecule has 1 aromatic heterocycles. The number of nitrogens with one attached hydrogen (secondary N) is 1. The smallest absolute Gasteiger partial charge is 0.255 e. The van der Waals surface area contributed by atoms with Crippen LogP contribution in [-0.2, 0) is 17.9 Å². The van der Waals surface area contributed by atoms with Gasteiger partial charge in [0, 0.05) is 24.4 Å². The van der Waals surface area contributed by atoms with Crippen molar-refractivity contribution in [1.29, 1.82) is 0 Å². The Morgan fingerprint density at radius 1 is 1.30 bits per heavy atom. The van der Waals surface area contributed by atoms with Gasteiger partial charge in [0.05, 0.1) is 10.7 Å². The Balaban J connectivity index is 0.00000264. The van der Waals surface area contributed by atoms with Crippen LogP contribution < -0.4 is 15.8 Å². The largest absolute Gasteiger partial charge is 0.484 e. The van der Waals surface area contributed by atoms with E-state index in [1.165, 1.54) is 5.01 Å². The Hall–Kier alpha value is -1.63. The molecule has 2 aromatic rings. The molecule has 7 heteroatoms. The van der Waals surface area contributed by atoms with Gasteiger partial charge in [0.15, 0.2) is 6.61 Å². The molecule has 1 heterocycles. The summed E-state index contributed by atoms with van der Waals surface area (Å²) in [6, 6.07) is 7.59. The number of benzene rings is 1. The SMILES string of the molecule is CC(C)c1nc(CNCc2ccc(OCC(N)=O)cc2)cs1.Cl. The maximum absolute atomic E-state index is 10.6. The van der Waals surface area contributed by atoms with E-state index >= 15 is 0 Å². The van der Waals surface area contributed by atoms with E-state index in [-0.39, 0.29) is 19.0 Å². The number of hydrogen-bond acceptors (Lipinski definition) is 5. The van der Waals surface area contributed by atoms with Crippen LogP contribution in [-0.4, -0.2) is 17.5 Å². The first-order valence-corrected chi connectivity index (χ1v) is 8.07. The van der Waals surface area contributed by atoms with E-state index in [1.807, 2.05) is 24.3 Å². The minimum atomic E-state index is -0.477. The van der Waals surface area contributed by atoms with Gasteiger partial charge in [-0.25, -0.2) is 4.98 Å². The van der Waals surface area contributed by atoms with Crippen LogP contribution in [0.3, 0.4) is 0 Å². The van der Waals surface area contributed by atoms with Gasteiger partial charge in [-0.3, -0.25) is 4.79 Å². The molecule has 0 radical (unpaired) electrons. The normalized spacial score (nSPS) is 10.4. The van der Waals surface area contributed by atoms with Crippen molar-refractivity contribution in [3.05, 3.63) is 45.9 Å². The lowest BCUT2D eigenvalue weighted by atomic mass is 10.2. The van der Waals surface area contributed by atoms with Crippen LogP contribution in [0.2, 0.25) is 0 Å². The van der Waals surface area contributed by atoms with Crippen LogP contribution in [0, 0.1) is 0 Å². The second-order valence-electron chi connectivity index (χ2n) is 5.33. The molecule has 0 aliphatic carbocycles. The first-order chi connectivity index (χ1) is 10.5. The van der Waals surface area contributed by atoms with Crippen molar-refractivity contribution >= 4 is 29.7 Å². The number of hydrogen-bond donors (Lipinski definition) is 2. The highest BCUT2D eigenvalue weighted by atomic mass is 35.5. The maximum atomic E-state index is 10.6. The Morgan fingerprint density at radius 3 is 2.57 bits per heavy atom. The summed E-state index contributed by atoms with van der Waals surface area (Å²) in [5.41, 5.74) is 7.26. The van der Waals surface area contributed by atoms with Crippen LogP contribution in [0.5, 0.6) is 5.75 Å². The van der Waals surface area contributed by atoms with Gasteiger partial charge in [-0.2, -0.15) is 0 Å². The number of amides is 1. The average Bonchev–Trinajstić information content (AvgIpc) is 2.95. The van der Waals surface area contributed by atoms with E-state index in [9.17, 15) is 4.79 Å². The van der Waals surface area contributed by atoms with E-state index < -0.39 is 5.91 Å². The van der Waals surface area contributed by atoms with Crippen molar-refractivity contribution in [3.8, 4) is 5.75 Å². The minimum Gasteiger partial charge on any atom is -0.484 e. The van der Waals surface area contributed by atoms with E-state index in [2.05, 4.69) is 29.5 Å². The summed E-state index contributed by atoms with van der Waals surface area (Å²) < 4.78 is 5.22. The zero-order valence-corrected chi connectivity index (χ0v) is 14.9. The third kappa shape index (κ3) is 6.56. The molecule has 0 saturated heterocycles. The van der Waals surface area contributed by atoms with Gasteiger partial charge in [0.25, 0.3) is 5.91 Å². The molecule has 0 saturated carbocycles. The van der Waals surface area contributed by atoms with Crippen molar-refractivity contribution in [3.63, 3.8) is 0 Å². The first kappa shape index (κ1) is 19.4. The summed E-state index contributed by atoms with van der Waals surface area (Å²) in [5.74, 6) is 0.644. The fourth-order valence-corrected chi connectivity index (χ4v) is 2.70. The van der Waals surface area contributed by atoms with Gasteiger partial charge in [0.2, 0.25) is 0 Å². The monoisotopic (exact) mass is 355 g/mol. The van der Waals surface area contributed by atoms with Crippen LogP contribution >= 0.6 is 23.7 Å². The maximum Gasteiger partial charge on any atom is 0.255 e. The molecule has 0 bridgehead atoms. The van der Waals surface area contributed by atoms with Crippen molar-refractivity contribution in [2.45, 2.75) is 32.9 Å². The van der Waals surface area contributed by atoms with Crippen LogP contribution in [0.25, 0.3) is 0 Å². The van der Waals surface area contributed by atoms with Crippen LogP contribution in [0.1, 0.15) is 36.0 Å². The van der Waals surface area contributed by atoms with Crippen molar-refractivity contribution in [2.75, 3.05) is 6.61 Å². The second kappa shape index (κ2) is 9.50. The third-order valence-corrected chi connectivity index (χ3v) is 4.20. The molecular weight excluding hydrogens is 334 g/mol. The average molecular weight is 356 g/mol. The Labute approximate surface area is 146 Å². The van der Waals surface area contributed by atoms with Gasteiger partial charge in [-0.15, -0.1) is 23.7 Å². The summed E-state index contributed by atoms with van der Waals surface area (Å²) in [5, 5.41) is 6.64. The zero-order chi connectivity index (χ0) is 15.9. The highest BCUT2D eigenvalue weighted by Crippen LogP contribution is 2.19. The van der Waals surface area contributed by atoms with E-state index in [0.717, 1.165) is 24.3 Å². The molecule has 0 spiro atoms. The molecule has 126 valence electrons. The molecule has 0 aliphatic heterocycles. The van der Waals surface area contributed by atoms with Crippen molar-refractivity contribution in [1.82, 2.24) is 10.3 Å². The predicted molar refractivity (Wildman–Crippen MR) is 95.1 cm³/mol. The lowest BCUT2D eigenvalue weighted by molar-refractivity contribution is -0.119. The second-order valence-corrected chi connectivity index (χ2v) is 6.22. The summed E-state index contributed by atoms with van der Waals surface area (Å²) in [6.45, 7) is 5.71. The number of nitrogens with zero attached hydrogens (tertiary/aromatic N) is 1. The number of carbonyl (C=O) groups is 1. The van der Waals surface area contributed by atoms with Crippen molar-refractivity contribution in [2.24, 2.45) is 5.73 Å². The molecular formula is C16H22ClN3O2S. The van der Waals surface area contributed by atoms with Gasteiger partial charge < -0.3 is 15.8 Å². The summed E-state index contributed by atoms with van der Waals surface area (Å²) in [6.07, 6.45) is 0. The van der Waals surface area contributed by atoms with E-state index in [4.69, 9.17) is 10.5 Å². The topological polar surface area (TPSA) is 77.2 Å². The number of thiazole rings is 1. The van der Waals surface area contributed by atoms with E-state index in [0.29, 0.717) is 11.7 Å². The number of ether oxygens (including phenoxy) is 1. The summed E-state index contributed by atoms with van der Waals surface area (Å²) >= 11 is 1.71. The Bertz CT molecular complexity index is 614. The van der Waals surface area contributed by atoms with Gasteiger partial charge in [0.1, 0.15) is 5.75 Å². The summed E-state index contributed by atoms with van der Waals surface area (Å²) in [4.78, 5) is 15.2. The van der Waals surface area contributed by atoms with Crippen LogP contribution in [0.15, 0.2) is 29.6 Å². The van der Waals surface area contributed by atoms with Gasteiger partial charge in [-0.05, 0) is 17.7 Å². The van der Waals surface area contributed by atoms with Crippen molar-refractivity contribution < 1.29 is 9.53 Å². The third-order valence-electron chi connectivity index (χ3n) is 3.00. The van der Waals surface area contributed by atoms with E-state index in [1.54, 1.807) is 11.3 Å². The molecule has 23 heavy (non-hydrogen) atoms. The number of primary amides is 1. The summed E-state index contributed by atoms with van der Waals surface area (Å²) in [7, 11) is 0.